The van der Waals surface area contributed by atoms with Gasteiger partial charge in [-0.2, -0.15) is 0 Å². The quantitative estimate of drug-likeness (QED) is 0.834. The van der Waals surface area contributed by atoms with E-state index in [0.717, 1.165) is 0 Å². The lowest BCUT2D eigenvalue weighted by atomic mass is 9.98. The Labute approximate surface area is 101 Å². The Morgan fingerprint density at radius 3 is 2.69 bits per heavy atom. The van der Waals surface area contributed by atoms with E-state index in [-0.39, 0.29) is 0 Å². The van der Waals surface area contributed by atoms with E-state index in [1.165, 1.54) is 21.4 Å². The summed E-state index contributed by atoms with van der Waals surface area (Å²) < 4.78 is 1.39. The number of benzene rings is 1. The molecule has 0 aliphatic heterocycles. The summed E-state index contributed by atoms with van der Waals surface area (Å²) in [6.07, 6.45) is 1.21. The van der Waals surface area contributed by atoms with Gasteiger partial charge in [0.15, 0.2) is 0 Å². The van der Waals surface area contributed by atoms with Crippen molar-refractivity contribution in [2.75, 3.05) is 7.05 Å². The van der Waals surface area contributed by atoms with Crippen molar-refractivity contribution in [1.82, 2.24) is 5.32 Å². The fourth-order valence-corrected chi connectivity index (χ4v) is 3.41. The summed E-state index contributed by atoms with van der Waals surface area (Å²) in [5.74, 6) is 0.679. The molecule has 0 aliphatic rings. The largest absolute Gasteiger partial charge is 0.312 e. The van der Waals surface area contributed by atoms with E-state index >= 15 is 0 Å². The summed E-state index contributed by atoms with van der Waals surface area (Å²) >= 11 is 1.91. The second kappa shape index (κ2) is 4.98. The van der Waals surface area contributed by atoms with Gasteiger partial charge in [0.2, 0.25) is 0 Å². The van der Waals surface area contributed by atoms with Crippen LogP contribution in [-0.2, 0) is 0 Å². The van der Waals surface area contributed by atoms with Crippen molar-refractivity contribution < 1.29 is 0 Å². The fraction of sp³-hybridized carbons (Fsp3) is 0.429. The number of thiophene rings is 1. The number of hydrogen-bond acceptors (Lipinski definition) is 2. The molecule has 0 radical (unpaired) electrons. The zero-order valence-electron chi connectivity index (χ0n) is 10.2. The molecular weight excluding hydrogens is 214 g/mol. The normalized spacial score (nSPS) is 15.2. The van der Waals surface area contributed by atoms with E-state index in [1.807, 2.05) is 11.3 Å². The number of rotatable bonds is 4. The van der Waals surface area contributed by atoms with Gasteiger partial charge in [-0.15, -0.1) is 11.3 Å². The molecular formula is C14H19NS. The second-order valence-electron chi connectivity index (χ2n) is 4.34. The van der Waals surface area contributed by atoms with E-state index in [2.05, 4.69) is 56.5 Å². The van der Waals surface area contributed by atoms with Gasteiger partial charge < -0.3 is 5.32 Å². The maximum atomic E-state index is 3.44. The summed E-state index contributed by atoms with van der Waals surface area (Å²) in [6.45, 7) is 4.56. The molecule has 1 N–H and O–H groups in total. The lowest BCUT2D eigenvalue weighted by molar-refractivity contribution is 0.406. The SMILES string of the molecule is CCC(C)C(NC)c1cc2ccccc2s1. The van der Waals surface area contributed by atoms with Crippen LogP contribution < -0.4 is 5.32 Å². The van der Waals surface area contributed by atoms with Gasteiger partial charge in [-0.1, -0.05) is 38.5 Å². The van der Waals surface area contributed by atoms with Gasteiger partial charge in [-0.3, -0.25) is 0 Å². The lowest BCUT2D eigenvalue weighted by Gasteiger charge is -2.20. The van der Waals surface area contributed by atoms with Crippen LogP contribution in [0.4, 0.5) is 0 Å². The molecule has 0 spiro atoms. The van der Waals surface area contributed by atoms with Crippen LogP contribution in [0, 0.1) is 5.92 Å². The average Bonchev–Trinajstić information content (AvgIpc) is 2.72. The van der Waals surface area contributed by atoms with E-state index in [0.29, 0.717) is 12.0 Å². The van der Waals surface area contributed by atoms with Crippen molar-refractivity contribution in [3.05, 3.63) is 35.2 Å². The smallest absolute Gasteiger partial charge is 0.0438 e. The summed E-state index contributed by atoms with van der Waals surface area (Å²) in [4.78, 5) is 1.46. The van der Waals surface area contributed by atoms with Crippen LogP contribution in [0.2, 0.25) is 0 Å². The van der Waals surface area contributed by atoms with E-state index in [4.69, 9.17) is 0 Å². The number of fused-ring (bicyclic) bond motifs is 1. The van der Waals surface area contributed by atoms with E-state index in [9.17, 15) is 0 Å². The lowest BCUT2D eigenvalue weighted by Crippen LogP contribution is -2.21. The Morgan fingerprint density at radius 1 is 1.31 bits per heavy atom. The van der Waals surface area contributed by atoms with Crippen molar-refractivity contribution in [3.63, 3.8) is 0 Å². The maximum absolute atomic E-state index is 3.44. The zero-order valence-corrected chi connectivity index (χ0v) is 11.0. The molecule has 1 heterocycles. The van der Waals surface area contributed by atoms with Crippen LogP contribution in [0.5, 0.6) is 0 Å². The summed E-state index contributed by atoms with van der Waals surface area (Å²) in [5.41, 5.74) is 0. The molecule has 2 unspecified atom stereocenters. The Kier molecular flexibility index (Phi) is 3.62. The van der Waals surface area contributed by atoms with Crippen LogP contribution >= 0.6 is 11.3 Å². The zero-order chi connectivity index (χ0) is 11.5. The highest BCUT2D eigenvalue weighted by atomic mass is 32.1. The van der Waals surface area contributed by atoms with Crippen LogP contribution in [0.3, 0.4) is 0 Å². The minimum Gasteiger partial charge on any atom is -0.312 e. The Bertz CT molecular complexity index is 427. The van der Waals surface area contributed by atoms with Crippen molar-refractivity contribution >= 4 is 21.4 Å². The van der Waals surface area contributed by atoms with Gasteiger partial charge in [-0.05, 0) is 30.5 Å². The Balaban J connectivity index is 2.37. The third-order valence-electron chi connectivity index (χ3n) is 3.28. The highest BCUT2D eigenvalue weighted by molar-refractivity contribution is 7.19. The first-order valence-corrected chi connectivity index (χ1v) is 6.73. The maximum Gasteiger partial charge on any atom is 0.0438 e. The summed E-state index contributed by atoms with van der Waals surface area (Å²) in [6, 6.07) is 11.4. The van der Waals surface area contributed by atoms with E-state index < -0.39 is 0 Å². The van der Waals surface area contributed by atoms with Gasteiger partial charge in [0.1, 0.15) is 0 Å². The van der Waals surface area contributed by atoms with Gasteiger partial charge in [0.05, 0.1) is 0 Å². The van der Waals surface area contributed by atoms with Gasteiger partial charge >= 0.3 is 0 Å². The first-order chi connectivity index (χ1) is 7.76. The molecule has 2 atom stereocenters. The molecule has 1 aromatic carbocycles. The minimum absolute atomic E-state index is 0.488. The topological polar surface area (TPSA) is 12.0 Å². The average molecular weight is 233 g/mol. The molecule has 0 saturated carbocycles. The van der Waals surface area contributed by atoms with Crippen molar-refractivity contribution in [2.45, 2.75) is 26.3 Å². The van der Waals surface area contributed by atoms with Crippen molar-refractivity contribution in [1.29, 1.82) is 0 Å². The van der Waals surface area contributed by atoms with E-state index in [1.54, 1.807) is 0 Å². The molecule has 16 heavy (non-hydrogen) atoms. The molecule has 0 aliphatic carbocycles. The van der Waals surface area contributed by atoms with Gasteiger partial charge in [0, 0.05) is 15.6 Å². The molecule has 0 saturated heterocycles. The van der Waals surface area contributed by atoms with Crippen LogP contribution in [0.15, 0.2) is 30.3 Å². The highest BCUT2D eigenvalue weighted by Gasteiger charge is 2.17. The predicted molar refractivity (Wildman–Crippen MR) is 73.1 cm³/mol. The van der Waals surface area contributed by atoms with Crippen molar-refractivity contribution in [3.8, 4) is 0 Å². The third-order valence-corrected chi connectivity index (χ3v) is 4.47. The minimum atomic E-state index is 0.488. The second-order valence-corrected chi connectivity index (χ2v) is 5.45. The number of nitrogens with one attached hydrogen (secondary N) is 1. The molecule has 1 aromatic heterocycles. The summed E-state index contributed by atoms with van der Waals surface area (Å²) in [5, 5.41) is 4.81. The highest BCUT2D eigenvalue weighted by Crippen LogP contribution is 2.33. The fourth-order valence-electron chi connectivity index (χ4n) is 2.10. The van der Waals surface area contributed by atoms with Gasteiger partial charge in [0.25, 0.3) is 0 Å². The molecule has 0 amide bonds. The molecule has 86 valence electrons. The number of hydrogen-bond donors (Lipinski definition) is 1. The molecule has 1 nitrogen and oxygen atoms in total. The summed E-state index contributed by atoms with van der Waals surface area (Å²) in [7, 11) is 2.06. The Morgan fingerprint density at radius 2 is 2.06 bits per heavy atom. The predicted octanol–water partition coefficient (Wildman–Crippen LogP) is 4.21. The molecule has 2 heteroatoms. The molecule has 0 bridgehead atoms. The first-order valence-electron chi connectivity index (χ1n) is 5.92. The van der Waals surface area contributed by atoms with Crippen molar-refractivity contribution in [2.24, 2.45) is 5.92 Å². The molecule has 0 fully saturated rings. The van der Waals surface area contributed by atoms with Crippen LogP contribution in [0.25, 0.3) is 10.1 Å². The molecule has 2 rings (SSSR count). The van der Waals surface area contributed by atoms with Crippen LogP contribution in [-0.4, -0.2) is 7.05 Å². The first kappa shape index (κ1) is 11.6. The third kappa shape index (κ3) is 2.13. The Hall–Kier alpha value is -0.860. The standard InChI is InChI=1S/C14H19NS/c1-4-10(2)14(15-3)13-9-11-7-5-6-8-12(11)16-13/h5-10,14-15H,4H2,1-3H3. The van der Waals surface area contributed by atoms with Gasteiger partial charge in [-0.25, -0.2) is 0 Å². The molecule has 2 aromatic rings. The van der Waals surface area contributed by atoms with Crippen LogP contribution in [0.1, 0.15) is 31.2 Å². The monoisotopic (exact) mass is 233 g/mol.